The molecule has 0 spiro atoms. The van der Waals surface area contributed by atoms with Crippen molar-refractivity contribution in [3.8, 4) is 0 Å². The molecule has 0 N–H and O–H groups in total. The Labute approximate surface area is 132 Å². The summed E-state index contributed by atoms with van der Waals surface area (Å²) in [4.78, 5) is 11.9. The largest absolute Gasteiger partial charge is 0.294 e. The number of unbranched alkanes of at least 4 members (excludes halogenated alkanes) is 8. The molecule has 0 aliphatic rings. The molecule has 2 heteroatoms. The van der Waals surface area contributed by atoms with Crippen LogP contribution in [-0.4, -0.2) is 11.1 Å². The van der Waals surface area contributed by atoms with Gasteiger partial charge >= 0.3 is 0 Å². The smallest absolute Gasteiger partial charge is 0.162 e. The highest BCUT2D eigenvalue weighted by molar-refractivity contribution is 9.09. The van der Waals surface area contributed by atoms with Gasteiger partial charge in [0, 0.05) is 17.3 Å². The normalized spacial score (nSPS) is 10.7. The summed E-state index contributed by atoms with van der Waals surface area (Å²) in [6.45, 7) is 0. The van der Waals surface area contributed by atoms with Gasteiger partial charge in [0.15, 0.2) is 5.78 Å². The van der Waals surface area contributed by atoms with E-state index < -0.39 is 0 Å². The molecule has 112 valence electrons. The van der Waals surface area contributed by atoms with Crippen LogP contribution in [0.5, 0.6) is 0 Å². The van der Waals surface area contributed by atoms with Crippen LogP contribution >= 0.6 is 15.9 Å². The van der Waals surface area contributed by atoms with Crippen molar-refractivity contribution < 1.29 is 4.79 Å². The van der Waals surface area contributed by atoms with Gasteiger partial charge < -0.3 is 0 Å². The number of Topliss-reactive ketones (excluding diaryl/α,β-unsaturated/α-hetero) is 1. The van der Waals surface area contributed by atoms with Gasteiger partial charge in [-0.2, -0.15) is 0 Å². The standard InChI is InChI=1S/C18H27BrO/c19-16-12-7-5-3-1-2-4-6-11-15-18(20)17-13-9-8-10-14-17/h8-10,13-14H,1-7,11-12,15-16H2. The fraction of sp³-hybridized carbons (Fsp3) is 0.611. The van der Waals surface area contributed by atoms with Crippen molar-refractivity contribution in [1.29, 1.82) is 0 Å². The average molecular weight is 339 g/mol. The Balaban J connectivity index is 1.91. The van der Waals surface area contributed by atoms with Gasteiger partial charge in [-0.3, -0.25) is 4.79 Å². The molecule has 0 heterocycles. The summed E-state index contributed by atoms with van der Waals surface area (Å²) < 4.78 is 0. The minimum Gasteiger partial charge on any atom is -0.294 e. The molecule has 0 radical (unpaired) electrons. The average Bonchev–Trinajstić information content (AvgIpc) is 2.50. The lowest BCUT2D eigenvalue weighted by molar-refractivity contribution is 0.0979. The molecule has 0 aliphatic heterocycles. The predicted molar refractivity (Wildman–Crippen MR) is 90.7 cm³/mol. The molecular formula is C18H27BrO. The second kappa shape index (κ2) is 12.1. The molecule has 1 aromatic carbocycles. The lowest BCUT2D eigenvalue weighted by Crippen LogP contribution is -1.98. The fourth-order valence-electron chi connectivity index (χ4n) is 2.39. The third-order valence-corrected chi connectivity index (χ3v) is 4.19. The zero-order valence-electron chi connectivity index (χ0n) is 12.5. The molecule has 1 aromatic rings. The van der Waals surface area contributed by atoms with Gasteiger partial charge in [-0.05, 0) is 12.8 Å². The summed E-state index contributed by atoms with van der Waals surface area (Å²) in [5.41, 5.74) is 0.860. The molecule has 0 aromatic heterocycles. The molecule has 0 amide bonds. The van der Waals surface area contributed by atoms with E-state index >= 15 is 0 Å². The molecule has 0 bridgehead atoms. The van der Waals surface area contributed by atoms with Crippen LogP contribution in [0.1, 0.15) is 74.6 Å². The number of alkyl halides is 1. The number of hydrogen-bond donors (Lipinski definition) is 0. The molecule has 0 fully saturated rings. The van der Waals surface area contributed by atoms with Crippen LogP contribution in [0, 0.1) is 0 Å². The van der Waals surface area contributed by atoms with Crippen molar-refractivity contribution in [3.63, 3.8) is 0 Å². The highest BCUT2D eigenvalue weighted by Gasteiger charge is 2.03. The van der Waals surface area contributed by atoms with Crippen molar-refractivity contribution in [2.24, 2.45) is 0 Å². The van der Waals surface area contributed by atoms with Gasteiger partial charge in [0.05, 0.1) is 0 Å². The van der Waals surface area contributed by atoms with E-state index in [0.29, 0.717) is 12.2 Å². The van der Waals surface area contributed by atoms with E-state index in [-0.39, 0.29) is 0 Å². The zero-order chi connectivity index (χ0) is 14.5. The highest BCUT2D eigenvalue weighted by atomic mass is 79.9. The first-order valence-corrected chi connectivity index (χ1v) is 9.11. The SMILES string of the molecule is O=C(CCCCCCCCCCCBr)c1ccccc1. The minimum absolute atomic E-state index is 0.292. The second-order valence-electron chi connectivity index (χ2n) is 5.41. The van der Waals surface area contributed by atoms with Crippen molar-refractivity contribution in [1.82, 2.24) is 0 Å². The summed E-state index contributed by atoms with van der Waals surface area (Å²) in [5.74, 6) is 0.292. The van der Waals surface area contributed by atoms with E-state index in [2.05, 4.69) is 15.9 Å². The maximum atomic E-state index is 11.9. The topological polar surface area (TPSA) is 17.1 Å². The van der Waals surface area contributed by atoms with Gasteiger partial charge in [-0.1, -0.05) is 91.2 Å². The van der Waals surface area contributed by atoms with Gasteiger partial charge in [-0.25, -0.2) is 0 Å². The number of hydrogen-bond acceptors (Lipinski definition) is 1. The molecule has 0 saturated carbocycles. The number of ketones is 1. The molecule has 1 rings (SSSR count). The van der Waals surface area contributed by atoms with E-state index in [1.165, 1.54) is 51.4 Å². The second-order valence-corrected chi connectivity index (χ2v) is 6.20. The summed E-state index contributed by atoms with van der Waals surface area (Å²) in [6, 6.07) is 9.64. The quantitative estimate of drug-likeness (QED) is 0.253. The third-order valence-electron chi connectivity index (χ3n) is 3.63. The van der Waals surface area contributed by atoms with Crippen LogP contribution in [-0.2, 0) is 0 Å². The van der Waals surface area contributed by atoms with Crippen molar-refractivity contribution in [2.75, 3.05) is 5.33 Å². The molecule has 0 atom stereocenters. The Hall–Kier alpha value is -0.630. The Bertz CT molecular complexity index is 348. The van der Waals surface area contributed by atoms with E-state index in [4.69, 9.17) is 0 Å². The molecule has 0 aliphatic carbocycles. The number of rotatable bonds is 12. The van der Waals surface area contributed by atoms with Crippen LogP contribution in [0.2, 0.25) is 0 Å². The Morgan fingerprint density at radius 1 is 0.750 bits per heavy atom. The highest BCUT2D eigenvalue weighted by Crippen LogP contribution is 2.12. The molecule has 0 unspecified atom stereocenters. The Kier molecular flexibility index (Phi) is 10.6. The summed E-state index contributed by atoms with van der Waals surface area (Å²) in [7, 11) is 0. The van der Waals surface area contributed by atoms with Crippen molar-refractivity contribution in [3.05, 3.63) is 35.9 Å². The minimum atomic E-state index is 0.292. The lowest BCUT2D eigenvalue weighted by atomic mass is 10.0. The van der Waals surface area contributed by atoms with Crippen molar-refractivity contribution in [2.45, 2.75) is 64.2 Å². The number of carbonyl (C=O) groups excluding carboxylic acids is 1. The first-order valence-electron chi connectivity index (χ1n) is 7.99. The fourth-order valence-corrected chi connectivity index (χ4v) is 2.78. The van der Waals surface area contributed by atoms with E-state index in [0.717, 1.165) is 17.3 Å². The van der Waals surface area contributed by atoms with Crippen LogP contribution in [0.3, 0.4) is 0 Å². The Morgan fingerprint density at radius 2 is 1.25 bits per heavy atom. The number of carbonyl (C=O) groups is 1. The zero-order valence-corrected chi connectivity index (χ0v) is 14.0. The number of halogens is 1. The van der Waals surface area contributed by atoms with Crippen LogP contribution in [0.25, 0.3) is 0 Å². The summed E-state index contributed by atoms with van der Waals surface area (Å²) in [5, 5.41) is 1.14. The van der Waals surface area contributed by atoms with E-state index in [9.17, 15) is 4.79 Å². The van der Waals surface area contributed by atoms with Crippen LogP contribution < -0.4 is 0 Å². The molecule has 1 nitrogen and oxygen atoms in total. The molecule has 0 saturated heterocycles. The molecular weight excluding hydrogens is 312 g/mol. The third kappa shape index (κ3) is 8.52. The Morgan fingerprint density at radius 3 is 1.80 bits per heavy atom. The summed E-state index contributed by atoms with van der Waals surface area (Å²) in [6.07, 6.45) is 12.3. The van der Waals surface area contributed by atoms with Gasteiger partial charge in [0.25, 0.3) is 0 Å². The number of benzene rings is 1. The molecule has 20 heavy (non-hydrogen) atoms. The monoisotopic (exact) mass is 338 g/mol. The maximum absolute atomic E-state index is 11.9. The van der Waals surface area contributed by atoms with E-state index in [1.54, 1.807) is 0 Å². The summed E-state index contributed by atoms with van der Waals surface area (Å²) >= 11 is 3.46. The maximum Gasteiger partial charge on any atom is 0.162 e. The van der Waals surface area contributed by atoms with Crippen molar-refractivity contribution >= 4 is 21.7 Å². The van der Waals surface area contributed by atoms with Crippen LogP contribution in [0.15, 0.2) is 30.3 Å². The first-order chi connectivity index (χ1) is 9.84. The predicted octanol–water partition coefficient (Wildman–Crippen LogP) is 6.17. The first kappa shape index (κ1) is 17.4. The van der Waals surface area contributed by atoms with Crippen LogP contribution in [0.4, 0.5) is 0 Å². The van der Waals surface area contributed by atoms with E-state index in [1.807, 2.05) is 30.3 Å². The van der Waals surface area contributed by atoms with Gasteiger partial charge in [-0.15, -0.1) is 0 Å². The van der Waals surface area contributed by atoms with Gasteiger partial charge in [0.2, 0.25) is 0 Å². The lowest BCUT2D eigenvalue weighted by Gasteiger charge is -2.02. The van der Waals surface area contributed by atoms with Gasteiger partial charge in [0.1, 0.15) is 0 Å².